The van der Waals surface area contributed by atoms with Crippen molar-refractivity contribution >= 4 is 12.3 Å². The average Bonchev–Trinajstić information content (AvgIpc) is 3.26. The van der Waals surface area contributed by atoms with E-state index in [-0.39, 0.29) is 17.3 Å². The summed E-state index contributed by atoms with van der Waals surface area (Å²) < 4.78 is 23.2. The van der Waals surface area contributed by atoms with Crippen molar-refractivity contribution in [2.75, 3.05) is 13.2 Å². The van der Waals surface area contributed by atoms with E-state index in [1.807, 2.05) is 13.0 Å². The minimum Gasteiger partial charge on any atom is -0.432 e. The van der Waals surface area contributed by atoms with Gasteiger partial charge in [0.15, 0.2) is 6.29 Å². The van der Waals surface area contributed by atoms with E-state index in [9.17, 15) is 50.4 Å². The van der Waals surface area contributed by atoms with Gasteiger partial charge in [-0.05, 0) is 74.5 Å². The van der Waals surface area contributed by atoms with Crippen molar-refractivity contribution in [1.82, 2.24) is 0 Å². The van der Waals surface area contributed by atoms with Crippen LogP contribution in [0.3, 0.4) is 0 Å². The highest BCUT2D eigenvalue weighted by molar-refractivity contribution is 5.79. The van der Waals surface area contributed by atoms with Crippen LogP contribution in [0.4, 0.5) is 0 Å². The van der Waals surface area contributed by atoms with Crippen LogP contribution in [0.2, 0.25) is 0 Å². The molecule has 0 radical (unpaired) electrons. The number of hydrogen-bond donors (Lipinski definition) is 8. The van der Waals surface area contributed by atoms with E-state index in [2.05, 4.69) is 6.92 Å². The van der Waals surface area contributed by atoms with E-state index < -0.39 is 97.0 Å². The lowest BCUT2D eigenvalue weighted by Crippen LogP contribution is -2.63. The topological polar surface area (TPSA) is 233 Å². The van der Waals surface area contributed by atoms with Gasteiger partial charge in [0, 0.05) is 5.57 Å². The normalized spacial score (nSPS) is 53.5. The molecule has 6 rings (SSSR count). The molecule has 14 heteroatoms. The smallest absolute Gasteiger partial charge is 0.314 e. The molecule has 2 aliphatic heterocycles. The largest absolute Gasteiger partial charge is 0.432 e. The van der Waals surface area contributed by atoms with Crippen molar-refractivity contribution in [3.63, 3.8) is 0 Å². The van der Waals surface area contributed by atoms with Crippen LogP contribution in [0.15, 0.2) is 11.6 Å². The molecule has 260 valence electrons. The van der Waals surface area contributed by atoms with Crippen molar-refractivity contribution in [2.45, 2.75) is 132 Å². The van der Waals surface area contributed by atoms with Gasteiger partial charge in [0.25, 0.3) is 0 Å². The van der Waals surface area contributed by atoms with Crippen molar-refractivity contribution in [1.29, 1.82) is 0 Å². The van der Waals surface area contributed by atoms with Crippen molar-refractivity contribution in [3.05, 3.63) is 11.6 Å². The first-order valence-corrected chi connectivity index (χ1v) is 16.4. The van der Waals surface area contributed by atoms with Gasteiger partial charge in [0.05, 0.1) is 18.6 Å². The van der Waals surface area contributed by atoms with Crippen LogP contribution >= 0.6 is 0 Å². The fourth-order valence-corrected chi connectivity index (χ4v) is 10.3. The van der Waals surface area contributed by atoms with Crippen LogP contribution in [0, 0.1) is 28.1 Å². The summed E-state index contributed by atoms with van der Waals surface area (Å²) in [5.41, 5.74) is -2.45. The quantitative estimate of drug-likeness (QED) is 0.0878. The fraction of sp³-hybridized carbons (Fsp3) is 0.875. The Morgan fingerprint density at radius 3 is 2.02 bits per heavy atom. The van der Waals surface area contributed by atoms with Crippen molar-refractivity contribution < 1.29 is 69.4 Å². The number of rotatable bonds is 7. The number of esters is 1. The van der Waals surface area contributed by atoms with E-state index >= 15 is 0 Å². The summed E-state index contributed by atoms with van der Waals surface area (Å²) in [6.45, 7) is 2.80. The Kier molecular flexibility index (Phi) is 9.02. The standard InChI is InChI=1S/C32H48O14/c1-29-6-3-7-30(2,28(42)45-26-24(40)22(38)20(36)16(12-34)43-26)18(29)4-8-31-10-15(11-33)32(14-31,9-5-19(29)31)46-27-25(41)23(39)21(37)17(13-35)44-27/h10-11,16-27,34-41H,3-9,12-14H2,1-2H3. The Labute approximate surface area is 266 Å². The Bertz CT molecular complexity index is 1210. The number of carbonyl (C=O) groups is 2. The van der Waals surface area contributed by atoms with Gasteiger partial charge >= 0.3 is 5.97 Å². The maximum atomic E-state index is 13.9. The van der Waals surface area contributed by atoms with E-state index in [1.165, 1.54) is 0 Å². The number of aliphatic hydroxyl groups is 8. The Morgan fingerprint density at radius 1 is 0.826 bits per heavy atom. The highest BCUT2D eigenvalue weighted by Crippen LogP contribution is 2.72. The van der Waals surface area contributed by atoms with Gasteiger partial charge in [-0.1, -0.05) is 19.4 Å². The monoisotopic (exact) mass is 656 g/mol. The number of allylic oxidation sites excluding steroid dienone is 1. The zero-order valence-corrected chi connectivity index (χ0v) is 26.2. The molecule has 4 aliphatic carbocycles. The minimum absolute atomic E-state index is 0.0578. The van der Waals surface area contributed by atoms with Gasteiger partial charge in [-0.15, -0.1) is 0 Å². The molecule has 0 aromatic carbocycles. The average molecular weight is 657 g/mol. The van der Waals surface area contributed by atoms with Gasteiger partial charge in [-0.25, -0.2) is 0 Å². The SMILES string of the molecule is CC1(C(=O)OC2OC(CO)C(O)C(O)C2O)CCCC2(C)C3CCC4(OC5OC(CO)C(O)C(O)C5O)CC3(C=C4C=O)CCC12. The first-order chi connectivity index (χ1) is 21.7. The molecule has 46 heavy (non-hydrogen) atoms. The number of hydrogen-bond acceptors (Lipinski definition) is 14. The lowest BCUT2D eigenvalue weighted by atomic mass is 9.40. The molecule has 3 saturated carbocycles. The highest BCUT2D eigenvalue weighted by atomic mass is 16.7. The molecule has 0 amide bonds. The molecule has 6 aliphatic rings. The Balaban J connectivity index is 1.23. The molecule has 0 aromatic heterocycles. The molecule has 2 saturated heterocycles. The van der Waals surface area contributed by atoms with Gasteiger partial charge < -0.3 is 59.8 Å². The predicted octanol–water partition coefficient (Wildman–Crippen LogP) is -1.58. The minimum atomic E-state index is -1.70. The van der Waals surface area contributed by atoms with Crippen molar-refractivity contribution in [2.24, 2.45) is 28.1 Å². The molecule has 16 unspecified atom stereocenters. The summed E-state index contributed by atoms with van der Waals surface area (Å²) in [4.78, 5) is 26.5. The molecule has 8 N–H and O–H groups in total. The van der Waals surface area contributed by atoms with Gasteiger partial charge in [-0.3, -0.25) is 9.59 Å². The summed E-state index contributed by atoms with van der Waals surface area (Å²) in [6.07, 6.45) is -7.42. The molecule has 2 bridgehead atoms. The number of ether oxygens (including phenoxy) is 4. The zero-order chi connectivity index (χ0) is 33.4. The second kappa shape index (κ2) is 12.1. The summed E-state index contributed by atoms with van der Waals surface area (Å²) in [5, 5.41) is 81.4. The van der Waals surface area contributed by atoms with E-state index in [4.69, 9.17) is 18.9 Å². The lowest BCUT2D eigenvalue weighted by molar-refractivity contribution is -0.328. The fourth-order valence-electron chi connectivity index (χ4n) is 10.3. The maximum Gasteiger partial charge on any atom is 0.314 e. The van der Waals surface area contributed by atoms with Crippen molar-refractivity contribution in [3.8, 4) is 0 Å². The Hall–Kier alpha value is -1.56. The molecule has 2 heterocycles. The molecule has 14 nitrogen and oxygen atoms in total. The first-order valence-electron chi connectivity index (χ1n) is 16.4. The Morgan fingerprint density at radius 2 is 1.41 bits per heavy atom. The van der Waals surface area contributed by atoms with E-state index in [0.29, 0.717) is 44.1 Å². The van der Waals surface area contributed by atoms with E-state index in [0.717, 1.165) is 19.1 Å². The van der Waals surface area contributed by atoms with Gasteiger partial charge in [0.2, 0.25) is 6.29 Å². The van der Waals surface area contributed by atoms with E-state index in [1.54, 1.807) is 0 Å². The predicted molar refractivity (Wildman–Crippen MR) is 154 cm³/mol. The van der Waals surface area contributed by atoms with Gasteiger partial charge in [0.1, 0.15) is 60.7 Å². The summed E-state index contributed by atoms with van der Waals surface area (Å²) in [7, 11) is 0. The summed E-state index contributed by atoms with van der Waals surface area (Å²) in [5.74, 6) is -0.660. The molecular weight excluding hydrogens is 608 g/mol. The van der Waals surface area contributed by atoms with Crippen LogP contribution in [-0.2, 0) is 28.5 Å². The summed E-state index contributed by atoms with van der Waals surface area (Å²) in [6, 6.07) is 0. The van der Waals surface area contributed by atoms with Crippen LogP contribution < -0.4 is 0 Å². The molecule has 1 spiro atoms. The van der Waals surface area contributed by atoms with Crippen LogP contribution in [-0.4, -0.2) is 133 Å². The third-order valence-corrected chi connectivity index (χ3v) is 12.6. The number of aliphatic hydroxyl groups excluding tert-OH is 8. The van der Waals surface area contributed by atoms with Crippen LogP contribution in [0.5, 0.6) is 0 Å². The second-order valence-corrected chi connectivity index (χ2v) is 15.0. The maximum absolute atomic E-state index is 13.9. The number of carbonyl (C=O) groups excluding carboxylic acids is 2. The number of fused-ring (bicyclic) bond motifs is 3. The summed E-state index contributed by atoms with van der Waals surface area (Å²) >= 11 is 0. The molecule has 5 fully saturated rings. The number of aldehydes is 1. The highest BCUT2D eigenvalue weighted by Gasteiger charge is 2.68. The van der Waals surface area contributed by atoms with Crippen LogP contribution in [0.1, 0.15) is 65.2 Å². The first kappa shape index (κ1) is 34.3. The molecule has 0 aromatic rings. The lowest BCUT2D eigenvalue weighted by Gasteiger charge is -2.64. The van der Waals surface area contributed by atoms with Crippen LogP contribution in [0.25, 0.3) is 0 Å². The second-order valence-electron chi connectivity index (χ2n) is 15.0. The third kappa shape index (κ3) is 5.02. The zero-order valence-electron chi connectivity index (χ0n) is 26.2. The van der Waals surface area contributed by atoms with Gasteiger partial charge in [-0.2, -0.15) is 0 Å². The third-order valence-electron chi connectivity index (χ3n) is 12.6. The molecule has 16 atom stereocenters. The molecular formula is C32H48O14.